The third-order valence-corrected chi connectivity index (χ3v) is 7.72. The normalized spacial score (nSPS) is 13.9. The lowest BCUT2D eigenvalue weighted by molar-refractivity contribution is 0.256. The largest absolute Gasteiger partial charge is 0.397 e. The van der Waals surface area contributed by atoms with Gasteiger partial charge in [0.15, 0.2) is 9.84 Å². The molecule has 0 heterocycles. The zero-order chi connectivity index (χ0) is 28.9. The Balaban J connectivity index is 2.61. The van der Waals surface area contributed by atoms with E-state index in [9.17, 15) is 34.6 Å². The molecule has 2 aromatic rings. The zero-order valence-corrected chi connectivity index (χ0v) is 22.0. The molecule has 2 rings (SSSR count). The van der Waals surface area contributed by atoms with E-state index in [2.05, 4.69) is 26.3 Å². The number of hydrogen-bond acceptors (Lipinski definition) is 11. The summed E-state index contributed by atoms with van der Waals surface area (Å²) in [6, 6.07) is 4.70. The van der Waals surface area contributed by atoms with Crippen LogP contribution >= 0.6 is 0 Å². The van der Waals surface area contributed by atoms with Crippen molar-refractivity contribution < 1.29 is 43.3 Å². The molecule has 38 heavy (non-hydrogen) atoms. The average molecular weight is 590 g/mol. The van der Waals surface area contributed by atoms with E-state index in [-0.39, 0.29) is 38.5 Å². The summed E-state index contributed by atoms with van der Waals surface area (Å²) in [5.74, 6) is -0.813. The molecule has 0 saturated heterocycles. The van der Waals surface area contributed by atoms with Crippen molar-refractivity contribution >= 4 is 64.3 Å². The number of nitrogens with zero attached hydrogens (tertiary/aromatic N) is 2. The van der Waals surface area contributed by atoms with Gasteiger partial charge in [-0.25, -0.2) is 17.4 Å². The highest BCUT2D eigenvalue weighted by molar-refractivity contribution is 7.91. The molecule has 206 valence electrons. The SMILES string of the molecule is C=C/C=C(/N)C(=NNc1ccc2cc(S(=O)(=O)CCOS(=O)(=O)O)ccc2c1S(=O)(=O)O)C(C)=NC(N)=O. The lowest BCUT2D eigenvalue weighted by Gasteiger charge is -2.13. The second kappa shape index (κ2) is 11.8. The fourth-order valence-corrected chi connectivity index (χ4v) is 5.48. The molecule has 0 saturated carbocycles. The maximum absolute atomic E-state index is 12.5. The second-order valence-corrected chi connectivity index (χ2v) is 11.9. The highest BCUT2D eigenvalue weighted by atomic mass is 32.3. The summed E-state index contributed by atoms with van der Waals surface area (Å²) in [5, 5.41) is 3.96. The molecule has 0 radical (unpaired) electrons. The Hall–Kier alpha value is -3.68. The van der Waals surface area contributed by atoms with Crippen LogP contribution in [0.15, 0.2) is 74.6 Å². The number of fused-ring (bicyclic) bond motifs is 1. The number of rotatable bonds is 11. The number of amides is 2. The molecule has 0 spiro atoms. The van der Waals surface area contributed by atoms with Crippen LogP contribution in [-0.2, 0) is 34.5 Å². The van der Waals surface area contributed by atoms with Gasteiger partial charge in [0.2, 0.25) is 0 Å². The maximum Gasteiger partial charge on any atom is 0.397 e. The molecule has 0 aliphatic rings. The number of carbonyl (C=O) groups excluding carboxylic acids is 1. The highest BCUT2D eigenvalue weighted by Gasteiger charge is 2.23. The van der Waals surface area contributed by atoms with Crippen molar-refractivity contribution in [1.29, 1.82) is 0 Å². The van der Waals surface area contributed by atoms with Gasteiger partial charge in [-0.05, 0) is 36.6 Å². The topological polar surface area (TPSA) is 258 Å². The maximum atomic E-state index is 12.5. The Morgan fingerprint density at radius 3 is 2.32 bits per heavy atom. The first-order valence-corrected chi connectivity index (χ1v) is 14.6. The zero-order valence-electron chi connectivity index (χ0n) is 19.6. The van der Waals surface area contributed by atoms with E-state index < -0.39 is 53.6 Å². The van der Waals surface area contributed by atoms with Gasteiger partial charge in [0.05, 0.1) is 34.4 Å². The van der Waals surface area contributed by atoms with Crippen LogP contribution in [0.2, 0.25) is 0 Å². The minimum atomic E-state index is -4.92. The fraction of sp³-hybridized carbons (Fsp3) is 0.150. The van der Waals surface area contributed by atoms with Gasteiger partial charge < -0.3 is 11.5 Å². The van der Waals surface area contributed by atoms with E-state index in [0.29, 0.717) is 0 Å². The first kappa shape index (κ1) is 30.5. The highest BCUT2D eigenvalue weighted by Crippen LogP contribution is 2.32. The summed E-state index contributed by atoms with van der Waals surface area (Å²) in [4.78, 5) is 13.7. The number of hydrogen-bond donors (Lipinski definition) is 5. The summed E-state index contributed by atoms with van der Waals surface area (Å²) in [6.45, 7) is 3.99. The monoisotopic (exact) mass is 589 g/mol. The molecular formula is C20H23N5O10S3. The van der Waals surface area contributed by atoms with E-state index in [1.165, 1.54) is 31.2 Å². The van der Waals surface area contributed by atoms with Crippen LogP contribution in [-0.4, -0.2) is 64.2 Å². The second-order valence-electron chi connectivity index (χ2n) is 7.33. The van der Waals surface area contributed by atoms with Crippen LogP contribution in [0.3, 0.4) is 0 Å². The van der Waals surface area contributed by atoms with Gasteiger partial charge >= 0.3 is 16.4 Å². The van der Waals surface area contributed by atoms with Gasteiger partial charge in [0.25, 0.3) is 10.1 Å². The first-order valence-electron chi connectivity index (χ1n) is 10.1. The molecule has 18 heteroatoms. The first-order chi connectivity index (χ1) is 17.5. The lowest BCUT2D eigenvalue weighted by Crippen LogP contribution is -2.23. The predicted molar refractivity (Wildman–Crippen MR) is 140 cm³/mol. The minimum Gasteiger partial charge on any atom is -0.397 e. The summed E-state index contributed by atoms with van der Waals surface area (Å²) in [5.41, 5.74) is 13.0. The molecule has 0 aliphatic carbocycles. The van der Waals surface area contributed by atoms with Crippen molar-refractivity contribution in [2.75, 3.05) is 17.8 Å². The molecule has 0 aromatic heterocycles. The van der Waals surface area contributed by atoms with Crippen LogP contribution in [0.1, 0.15) is 6.92 Å². The number of benzene rings is 2. The third kappa shape index (κ3) is 8.16. The number of allylic oxidation sites excluding steroid dienone is 3. The Bertz CT molecular complexity index is 1690. The molecule has 7 N–H and O–H groups in total. The van der Waals surface area contributed by atoms with Crippen molar-refractivity contribution in [3.63, 3.8) is 0 Å². The summed E-state index contributed by atoms with van der Waals surface area (Å²) in [7, 11) is -13.9. The molecule has 0 unspecified atom stereocenters. The van der Waals surface area contributed by atoms with Gasteiger partial charge in [-0.3, -0.25) is 14.5 Å². The van der Waals surface area contributed by atoms with Gasteiger partial charge in [-0.15, -0.1) is 0 Å². The standard InChI is InChI=1S/C20H23N5O10S3/c1-3-4-16(21)18(12(2)23-20(22)26)25-24-17-8-5-13-11-14(6-7-15(13)19(17)37(29,30)31)36(27,28)10-9-35-38(32,33)34/h3-8,11,24H,1,9-10,21H2,2H3,(H2,22,26)(H,29,30,31)(H,32,33,34)/b16-4+,23-12?,25-18?. The Morgan fingerprint density at radius 2 is 1.76 bits per heavy atom. The van der Waals surface area contributed by atoms with E-state index in [1.807, 2.05) is 0 Å². The molecule has 15 nitrogen and oxygen atoms in total. The summed E-state index contributed by atoms with van der Waals surface area (Å²) < 4.78 is 93.4. The Labute approximate surface area is 218 Å². The number of sulfone groups is 1. The summed E-state index contributed by atoms with van der Waals surface area (Å²) >= 11 is 0. The van der Waals surface area contributed by atoms with Gasteiger partial charge in [0, 0.05) is 5.39 Å². The number of aliphatic imine (C=N–C) groups is 1. The lowest BCUT2D eigenvalue weighted by atomic mass is 10.1. The molecule has 0 atom stereocenters. The van der Waals surface area contributed by atoms with Crippen molar-refractivity contribution in [2.24, 2.45) is 21.6 Å². The number of nitrogens with one attached hydrogen (secondary N) is 1. The number of urea groups is 1. The molecule has 2 aromatic carbocycles. The average Bonchev–Trinajstić information content (AvgIpc) is 2.76. The number of nitrogens with two attached hydrogens (primary N) is 2. The number of anilines is 1. The van der Waals surface area contributed by atoms with Crippen molar-refractivity contribution in [3.05, 3.63) is 54.8 Å². The molecular weight excluding hydrogens is 566 g/mol. The van der Waals surface area contributed by atoms with Crippen LogP contribution in [0.4, 0.5) is 10.5 Å². The third-order valence-electron chi connectivity index (χ3n) is 4.62. The van der Waals surface area contributed by atoms with E-state index in [0.717, 1.165) is 18.2 Å². The molecule has 0 fully saturated rings. The van der Waals surface area contributed by atoms with E-state index >= 15 is 0 Å². The van der Waals surface area contributed by atoms with Crippen LogP contribution in [0, 0.1) is 0 Å². The number of hydrazone groups is 1. The predicted octanol–water partition coefficient (Wildman–Crippen LogP) is 1.02. The molecule has 0 aliphatic heterocycles. The van der Waals surface area contributed by atoms with Crippen LogP contribution < -0.4 is 16.9 Å². The molecule has 0 bridgehead atoms. The van der Waals surface area contributed by atoms with E-state index in [1.54, 1.807) is 0 Å². The van der Waals surface area contributed by atoms with E-state index in [4.69, 9.17) is 16.0 Å². The van der Waals surface area contributed by atoms with Crippen LogP contribution in [0.5, 0.6) is 0 Å². The number of carbonyl (C=O) groups is 1. The minimum absolute atomic E-state index is 0.0166. The Kier molecular flexibility index (Phi) is 9.48. The number of primary amides is 1. The van der Waals surface area contributed by atoms with Gasteiger partial charge in [0.1, 0.15) is 10.6 Å². The fourth-order valence-electron chi connectivity index (χ4n) is 3.10. The van der Waals surface area contributed by atoms with Crippen molar-refractivity contribution in [3.8, 4) is 0 Å². The Morgan fingerprint density at radius 1 is 1.11 bits per heavy atom. The van der Waals surface area contributed by atoms with Gasteiger partial charge in [-0.2, -0.15) is 26.9 Å². The smallest absolute Gasteiger partial charge is 0.397 e. The quantitative estimate of drug-likeness (QED) is 0.106. The molecule has 2 amide bonds. The van der Waals surface area contributed by atoms with Gasteiger partial charge in [-0.1, -0.05) is 24.8 Å². The van der Waals surface area contributed by atoms with Crippen molar-refractivity contribution in [2.45, 2.75) is 16.7 Å². The van der Waals surface area contributed by atoms with Crippen molar-refractivity contribution in [1.82, 2.24) is 0 Å². The summed E-state index contributed by atoms with van der Waals surface area (Å²) in [6.07, 6.45) is 2.65. The van der Waals surface area contributed by atoms with Crippen LogP contribution in [0.25, 0.3) is 10.8 Å².